The van der Waals surface area contributed by atoms with Gasteiger partial charge in [0.2, 0.25) is 11.8 Å². The monoisotopic (exact) mass is 655 g/mol. The van der Waals surface area contributed by atoms with Crippen molar-refractivity contribution in [1.82, 2.24) is 10.2 Å². The van der Waals surface area contributed by atoms with E-state index in [1.165, 1.54) is 37.3 Å². The largest absolute Gasteiger partial charge is 0.496 e. The molecule has 3 aromatic rings. The zero-order valence-electron chi connectivity index (χ0n) is 21.7. The van der Waals surface area contributed by atoms with Crippen molar-refractivity contribution in [2.45, 2.75) is 31.3 Å². The van der Waals surface area contributed by atoms with E-state index in [9.17, 15) is 18.0 Å². The molecule has 3 rings (SSSR count). The second kappa shape index (κ2) is 13.0. The highest BCUT2D eigenvalue weighted by Gasteiger charge is 2.33. The maximum atomic E-state index is 13.9. The number of hydrogen-bond acceptors (Lipinski definition) is 5. The van der Waals surface area contributed by atoms with Crippen molar-refractivity contribution in [2.75, 3.05) is 25.0 Å². The fourth-order valence-electron chi connectivity index (χ4n) is 3.82. The third kappa shape index (κ3) is 7.05. The number of benzene rings is 3. The highest BCUT2D eigenvalue weighted by molar-refractivity contribution is 9.10. The van der Waals surface area contributed by atoms with Crippen LogP contribution in [0.3, 0.4) is 0 Å². The molecule has 0 bridgehead atoms. The lowest BCUT2D eigenvalue weighted by Gasteiger charge is -2.32. The Morgan fingerprint density at radius 3 is 2.21 bits per heavy atom. The van der Waals surface area contributed by atoms with E-state index >= 15 is 0 Å². The van der Waals surface area contributed by atoms with Gasteiger partial charge in [0, 0.05) is 29.2 Å². The molecule has 0 aliphatic carbocycles. The normalized spacial score (nSPS) is 12.0. The average molecular weight is 657 g/mol. The van der Waals surface area contributed by atoms with E-state index in [0.29, 0.717) is 25.8 Å². The fourth-order valence-corrected chi connectivity index (χ4v) is 6.47. The number of amides is 2. The first kappa shape index (κ1) is 30.7. The van der Waals surface area contributed by atoms with Gasteiger partial charge in [0.25, 0.3) is 10.0 Å². The summed E-state index contributed by atoms with van der Waals surface area (Å²) in [6.07, 6.45) is 0. The van der Waals surface area contributed by atoms with E-state index in [4.69, 9.17) is 27.9 Å². The molecule has 0 fully saturated rings. The molecular weight excluding hydrogens is 629 g/mol. The number of likely N-dealkylation sites (N-methyl/N-ethyl adjacent to an activating group) is 1. The topological polar surface area (TPSA) is 96.0 Å². The van der Waals surface area contributed by atoms with Gasteiger partial charge in [-0.3, -0.25) is 13.9 Å². The van der Waals surface area contributed by atoms with E-state index < -0.39 is 34.4 Å². The van der Waals surface area contributed by atoms with Gasteiger partial charge in [0.15, 0.2) is 0 Å². The molecule has 208 valence electrons. The molecule has 1 N–H and O–H groups in total. The zero-order valence-corrected chi connectivity index (χ0v) is 25.7. The van der Waals surface area contributed by atoms with Crippen molar-refractivity contribution < 1.29 is 22.7 Å². The number of rotatable bonds is 10. The Balaban J connectivity index is 2.08. The number of sulfonamides is 1. The van der Waals surface area contributed by atoms with E-state index in [2.05, 4.69) is 21.2 Å². The van der Waals surface area contributed by atoms with Gasteiger partial charge in [-0.25, -0.2) is 8.42 Å². The minimum absolute atomic E-state index is 0.0522. The van der Waals surface area contributed by atoms with E-state index in [-0.39, 0.29) is 17.1 Å². The molecule has 2 amide bonds. The molecule has 0 spiro atoms. The summed E-state index contributed by atoms with van der Waals surface area (Å²) in [7, 11) is -1.31. The third-order valence-electron chi connectivity index (χ3n) is 6.12. The van der Waals surface area contributed by atoms with Gasteiger partial charge in [-0.05, 0) is 72.2 Å². The Morgan fingerprint density at radius 1 is 1.05 bits per heavy atom. The predicted octanol–water partition coefficient (Wildman–Crippen LogP) is 5.43. The van der Waals surface area contributed by atoms with Crippen LogP contribution in [0.15, 0.2) is 70.0 Å². The van der Waals surface area contributed by atoms with Crippen LogP contribution in [-0.2, 0) is 26.2 Å². The summed E-state index contributed by atoms with van der Waals surface area (Å²) in [6, 6.07) is 15.0. The van der Waals surface area contributed by atoms with Gasteiger partial charge in [0.05, 0.1) is 22.2 Å². The standard InChI is InChI=1S/C27H28BrCl2N3O5S/c1-17-8-10-19(11-9-17)33(39(36,37)20-12-13-25(38-4)22(28)14-20)16-26(34)32(18(2)27(35)31-3)15-21-23(29)6-5-7-24(21)30/h5-14,18H,15-16H2,1-4H3,(H,31,35)/t18-/m1/s1. The fraction of sp³-hybridized carbons (Fsp3) is 0.259. The van der Waals surface area contributed by atoms with Crippen LogP contribution in [0.25, 0.3) is 0 Å². The second-order valence-electron chi connectivity index (χ2n) is 8.66. The maximum Gasteiger partial charge on any atom is 0.264 e. The van der Waals surface area contributed by atoms with Crippen LogP contribution < -0.4 is 14.4 Å². The number of aryl methyl sites for hydroxylation is 1. The number of halogens is 3. The van der Waals surface area contributed by atoms with Gasteiger partial charge in [-0.1, -0.05) is 47.0 Å². The SMILES string of the molecule is CNC(=O)[C@@H](C)N(Cc1c(Cl)cccc1Cl)C(=O)CN(c1ccc(C)cc1)S(=O)(=O)c1ccc(OC)c(Br)c1. The smallest absolute Gasteiger partial charge is 0.264 e. The summed E-state index contributed by atoms with van der Waals surface area (Å²) in [6.45, 7) is 2.72. The molecule has 1 atom stereocenters. The molecule has 0 aromatic heterocycles. The molecule has 0 aliphatic heterocycles. The second-order valence-corrected chi connectivity index (χ2v) is 12.2. The van der Waals surface area contributed by atoms with Crippen molar-refractivity contribution in [3.63, 3.8) is 0 Å². The summed E-state index contributed by atoms with van der Waals surface area (Å²) < 4.78 is 34.5. The Bertz CT molecular complexity index is 1450. The van der Waals surface area contributed by atoms with Crippen LogP contribution in [0.5, 0.6) is 5.75 Å². The minimum atomic E-state index is -4.24. The Kier molecular flexibility index (Phi) is 10.3. The average Bonchev–Trinajstić information content (AvgIpc) is 2.91. The Labute approximate surface area is 247 Å². The Hall–Kier alpha value is -2.79. The lowest BCUT2D eigenvalue weighted by Crippen LogP contribution is -2.50. The molecule has 0 unspecified atom stereocenters. The van der Waals surface area contributed by atoms with Gasteiger partial charge < -0.3 is 15.0 Å². The van der Waals surface area contributed by atoms with Gasteiger partial charge in [-0.15, -0.1) is 0 Å². The number of nitrogens with zero attached hydrogens (tertiary/aromatic N) is 2. The molecule has 0 saturated carbocycles. The zero-order chi connectivity index (χ0) is 28.9. The van der Waals surface area contributed by atoms with Crippen molar-refractivity contribution in [2.24, 2.45) is 0 Å². The molecule has 8 nitrogen and oxygen atoms in total. The van der Waals surface area contributed by atoms with Gasteiger partial charge in [-0.2, -0.15) is 0 Å². The number of nitrogens with one attached hydrogen (secondary N) is 1. The number of ether oxygens (including phenoxy) is 1. The van der Waals surface area contributed by atoms with Crippen LogP contribution in [0.1, 0.15) is 18.1 Å². The van der Waals surface area contributed by atoms with E-state index in [0.717, 1.165) is 9.87 Å². The van der Waals surface area contributed by atoms with Gasteiger partial charge >= 0.3 is 0 Å². The summed E-state index contributed by atoms with van der Waals surface area (Å²) >= 11 is 16.1. The quantitative estimate of drug-likeness (QED) is 0.314. The van der Waals surface area contributed by atoms with Gasteiger partial charge in [0.1, 0.15) is 18.3 Å². The van der Waals surface area contributed by atoms with Crippen LogP contribution in [0, 0.1) is 6.92 Å². The number of hydrogen-bond donors (Lipinski definition) is 1. The van der Waals surface area contributed by atoms with E-state index in [1.54, 1.807) is 49.4 Å². The number of carbonyl (C=O) groups excluding carboxylic acids is 2. The molecule has 12 heteroatoms. The van der Waals surface area contributed by atoms with Crippen molar-refractivity contribution >= 4 is 66.7 Å². The third-order valence-corrected chi connectivity index (χ3v) is 9.21. The van der Waals surface area contributed by atoms with Crippen molar-refractivity contribution in [1.29, 1.82) is 0 Å². The van der Waals surface area contributed by atoms with Crippen molar-refractivity contribution in [3.8, 4) is 5.75 Å². The molecule has 3 aromatic carbocycles. The number of anilines is 1. The molecule has 0 radical (unpaired) electrons. The maximum absolute atomic E-state index is 13.9. The summed E-state index contributed by atoms with van der Waals surface area (Å²) in [5.74, 6) is -0.608. The molecule has 0 saturated heterocycles. The lowest BCUT2D eigenvalue weighted by molar-refractivity contribution is -0.139. The lowest BCUT2D eigenvalue weighted by atomic mass is 10.1. The summed E-state index contributed by atoms with van der Waals surface area (Å²) in [4.78, 5) is 27.7. The highest BCUT2D eigenvalue weighted by Crippen LogP contribution is 2.32. The summed E-state index contributed by atoms with van der Waals surface area (Å²) in [5.41, 5.74) is 1.64. The van der Waals surface area contributed by atoms with Crippen LogP contribution in [-0.4, -0.2) is 51.9 Å². The first-order chi connectivity index (χ1) is 18.4. The van der Waals surface area contributed by atoms with Crippen LogP contribution >= 0.6 is 39.1 Å². The first-order valence-electron chi connectivity index (χ1n) is 11.8. The number of methoxy groups -OCH3 is 1. The number of carbonyl (C=O) groups is 2. The van der Waals surface area contributed by atoms with E-state index in [1.807, 2.05) is 6.92 Å². The predicted molar refractivity (Wildman–Crippen MR) is 157 cm³/mol. The highest BCUT2D eigenvalue weighted by atomic mass is 79.9. The molecule has 0 heterocycles. The summed E-state index contributed by atoms with van der Waals surface area (Å²) in [5, 5.41) is 3.16. The van der Waals surface area contributed by atoms with Crippen molar-refractivity contribution in [3.05, 3.63) is 86.3 Å². The molecular formula is C27H28BrCl2N3O5S. The van der Waals surface area contributed by atoms with Crippen LogP contribution in [0.4, 0.5) is 5.69 Å². The minimum Gasteiger partial charge on any atom is -0.496 e. The first-order valence-corrected chi connectivity index (χ1v) is 14.8. The molecule has 0 aliphatic rings. The van der Waals surface area contributed by atoms with Crippen LogP contribution in [0.2, 0.25) is 10.0 Å². The Morgan fingerprint density at radius 2 is 1.67 bits per heavy atom. The molecule has 39 heavy (non-hydrogen) atoms.